The van der Waals surface area contributed by atoms with E-state index in [1.807, 2.05) is 6.92 Å². The van der Waals surface area contributed by atoms with E-state index in [0.29, 0.717) is 0 Å². The lowest BCUT2D eigenvalue weighted by atomic mass is 9.80. The molecule has 0 saturated heterocycles. The lowest BCUT2D eigenvalue weighted by molar-refractivity contribution is 0.534. The number of para-hydroxylation sites is 2. The Hall–Kier alpha value is -6.90. The van der Waals surface area contributed by atoms with Crippen molar-refractivity contribution in [2.75, 3.05) is 10.2 Å². The molecular formula is C55H48N2. The standard InChI is InChI=1S/C55H48N2/c1-4-5-6-14-38-55(2,3)48-19-15-18-47(40-48)53-22-12-13-23-54(53)56-49-32-26-42(27-33-49)43-28-34-51(35-29-43)57(50-20-8-7-9-21-50)52-36-30-44(31-37-52)46-25-24-41-16-10-11-17-45(41)39-46/h4-37,39-40,56H,38H2,1-3H3/b5-4-,14-6-. The predicted molar refractivity (Wildman–Crippen MR) is 246 cm³/mol. The number of allylic oxidation sites excluding steroid dienone is 4. The molecule has 0 aliphatic rings. The molecule has 1 N–H and O–H groups in total. The first-order valence-electron chi connectivity index (χ1n) is 19.8. The molecule has 2 nitrogen and oxygen atoms in total. The molecule has 0 spiro atoms. The Morgan fingerprint density at radius 1 is 0.474 bits per heavy atom. The molecule has 0 atom stereocenters. The Morgan fingerprint density at radius 3 is 1.75 bits per heavy atom. The average molecular weight is 737 g/mol. The third kappa shape index (κ3) is 8.52. The molecule has 8 rings (SSSR count). The van der Waals surface area contributed by atoms with Gasteiger partial charge in [0.1, 0.15) is 0 Å². The molecule has 8 aromatic carbocycles. The van der Waals surface area contributed by atoms with Gasteiger partial charge in [-0.3, -0.25) is 0 Å². The lowest BCUT2D eigenvalue weighted by Gasteiger charge is -2.26. The molecule has 0 bridgehead atoms. The van der Waals surface area contributed by atoms with Crippen LogP contribution in [0.15, 0.2) is 218 Å². The van der Waals surface area contributed by atoms with Gasteiger partial charge in [0.2, 0.25) is 0 Å². The Balaban J connectivity index is 1.00. The predicted octanol–water partition coefficient (Wildman–Crippen LogP) is 15.9. The van der Waals surface area contributed by atoms with Crippen LogP contribution in [0.25, 0.3) is 44.2 Å². The SMILES string of the molecule is C/C=C\C=C/CC(C)(C)c1cccc(-c2ccccc2Nc2ccc(-c3ccc(N(c4ccccc4)c4ccc(-c5ccc6ccccc6c5)cc4)cc3)cc2)c1. The minimum Gasteiger partial charge on any atom is -0.355 e. The van der Waals surface area contributed by atoms with E-state index < -0.39 is 0 Å². The van der Waals surface area contributed by atoms with Crippen molar-refractivity contribution in [2.45, 2.75) is 32.6 Å². The van der Waals surface area contributed by atoms with E-state index in [1.54, 1.807) is 0 Å². The summed E-state index contributed by atoms with van der Waals surface area (Å²) < 4.78 is 0. The van der Waals surface area contributed by atoms with Crippen molar-refractivity contribution >= 4 is 39.2 Å². The van der Waals surface area contributed by atoms with Crippen molar-refractivity contribution < 1.29 is 0 Å². The van der Waals surface area contributed by atoms with Gasteiger partial charge in [0.15, 0.2) is 0 Å². The first-order chi connectivity index (χ1) is 27.9. The molecule has 0 amide bonds. The largest absolute Gasteiger partial charge is 0.355 e. The van der Waals surface area contributed by atoms with Crippen LogP contribution >= 0.6 is 0 Å². The Morgan fingerprint density at radius 2 is 1.05 bits per heavy atom. The van der Waals surface area contributed by atoms with Gasteiger partial charge in [-0.2, -0.15) is 0 Å². The highest BCUT2D eigenvalue weighted by Crippen LogP contribution is 2.38. The molecule has 0 fully saturated rings. The molecule has 0 aliphatic heterocycles. The summed E-state index contributed by atoms with van der Waals surface area (Å²) in [5.41, 5.74) is 14.0. The fourth-order valence-electron chi connectivity index (χ4n) is 7.52. The highest BCUT2D eigenvalue weighted by molar-refractivity contribution is 5.88. The molecule has 0 aromatic heterocycles. The van der Waals surface area contributed by atoms with E-state index >= 15 is 0 Å². The van der Waals surface area contributed by atoms with Crippen LogP contribution in [0.4, 0.5) is 28.4 Å². The van der Waals surface area contributed by atoms with Crippen LogP contribution in [0.2, 0.25) is 0 Å². The smallest absolute Gasteiger partial charge is 0.0463 e. The third-order valence-electron chi connectivity index (χ3n) is 10.8. The van der Waals surface area contributed by atoms with E-state index in [2.05, 4.69) is 242 Å². The zero-order valence-electron chi connectivity index (χ0n) is 32.9. The summed E-state index contributed by atoms with van der Waals surface area (Å²) in [5, 5.41) is 6.22. The van der Waals surface area contributed by atoms with Gasteiger partial charge in [0.25, 0.3) is 0 Å². The van der Waals surface area contributed by atoms with E-state index in [0.717, 1.165) is 34.9 Å². The molecule has 57 heavy (non-hydrogen) atoms. The number of nitrogens with zero attached hydrogens (tertiary/aromatic N) is 1. The zero-order valence-corrected chi connectivity index (χ0v) is 32.9. The highest BCUT2D eigenvalue weighted by Gasteiger charge is 2.20. The summed E-state index contributed by atoms with van der Waals surface area (Å²) in [4.78, 5) is 2.32. The summed E-state index contributed by atoms with van der Waals surface area (Å²) in [5.74, 6) is 0. The summed E-state index contributed by atoms with van der Waals surface area (Å²) >= 11 is 0. The fraction of sp³-hybridized carbons (Fsp3) is 0.0909. The molecule has 8 aromatic rings. The van der Waals surface area contributed by atoms with Gasteiger partial charge in [-0.05, 0) is 124 Å². The average Bonchev–Trinajstić information content (AvgIpc) is 3.26. The van der Waals surface area contributed by atoms with Crippen molar-refractivity contribution in [2.24, 2.45) is 0 Å². The van der Waals surface area contributed by atoms with Crippen molar-refractivity contribution in [1.29, 1.82) is 0 Å². The number of hydrogen-bond donors (Lipinski definition) is 1. The Labute approximate surface area is 338 Å². The summed E-state index contributed by atoms with van der Waals surface area (Å²) in [6, 6.07) is 69.9. The van der Waals surface area contributed by atoms with Gasteiger partial charge < -0.3 is 10.2 Å². The number of anilines is 5. The second-order valence-corrected chi connectivity index (χ2v) is 15.2. The van der Waals surface area contributed by atoms with Crippen molar-refractivity contribution in [3.8, 4) is 33.4 Å². The van der Waals surface area contributed by atoms with Gasteiger partial charge >= 0.3 is 0 Å². The normalized spacial score (nSPS) is 11.7. The van der Waals surface area contributed by atoms with Crippen molar-refractivity contribution in [1.82, 2.24) is 0 Å². The van der Waals surface area contributed by atoms with Crippen LogP contribution in [-0.4, -0.2) is 0 Å². The van der Waals surface area contributed by atoms with Crippen LogP contribution in [0.3, 0.4) is 0 Å². The van der Waals surface area contributed by atoms with Crippen molar-refractivity contribution in [3.63, 3.8) is 0 Å². The maximum Gasteiger partial charge on any atom is 0.0463 e. The van der Waals surface area contributed by atoms with E-state index in [9.17, 15) is 0 Å². The summed E-state index contributed by atoms with van der Waals surface area (Å²) in [7, 11) is 0. The number of hydrogen-bond acceptors (Lipinski definition) is 2. The van der Waals surface area contributed by atoms with Crippen LogP contribution in [0, 0.1) is 0 Å². The van der Waals surface area contributed by atoms with Crippen LogP contribution < -0.4 is 10.2 Å². The van der Waals surface area contributed by atoms with Gasteiger partial charge in [0, 0.05) is 34.0 Å². The quantitative estimate of drug-likeness (QED) is 0.126. The lowest BCUT2D eigenvalue weighted by Crippen LogP contribution is -2.15. The number of fused-ring (bicyclic) bond motifs is 1. The number of rotatable bonds is 12. The second kappa shape index (κ2) is 16.9. The van der Waals surface area contributed by atoms with E-state index in [4.69, 9.17) is 0 Å². The topological polar surface area (TPSA) is 15.3 Å². The van der Waals surface area contributed by atoms with Crippen LogP contribution in [-0.2, 0) is 5.41 Å². The molecule has 0 heterocycles. The molecular weight excluding hydrogens is 689 g/mol. The first kappa shape index (κ1) is 37.0. The number of benzene rings is 8. The first-order valence-corrected chi connectivity index (χ1v) is 19.8. The van der Waals surface area contributed by atoms with Crippen molar-refractivity contribution in [3.05, 3.63) is 224 Å². The summed E-state index contributed by atoms with van der Waals surface area (Å²) in [6.45, 7) is 6.68. The van der Waals surface area contributed by atoms with Gasteiger partial charge in [-0.15, -0.1) is 0 Å². The molecule has 0 aliphatic carbocycles. The maximum atomic E-state index is 3.71. The molecule has 278 valence electrons. The van der Waals surface area contributed by atoms with Crippen LogP contribution in [0.1, 0.15) is 32.8 Å². The second-order valence-electron chi connectivity index (χ2n) is 15.2. The monoisotopic (exact) mass is 736 g/mol. The minimum atomic E-state index is 0.0227. The molecule has 0 saturated carbocycles. The van der Waals surface area contributed by atoms with E-state index in [1.165, 1.54) is 49.7 Å². The summed E-state index contributed by atoms with van der Waals surface area (Å²) in [6.07, 6.45) is 9.52. The molecule has 0 radical (unpaired) electrons. The third-order valence-corrected chi connectivity index (χ3v) is 10.8. The van der Waals surface area contributed by atoms with Gasteiger partial charge in [0.05, 0.1) is 0 Å². The van der Waals surface area contributed by atoms with Gasteiger partial charge in [-0.1, -0.05) is 172 Å². The molecule has 2 heteroatoms. The van der Waals surface area contributed by atoms with E-state index in [-0.39, 0.29) is 5.41 Å². The minimum absolute atomic E-state index is 0.0227. The zero-order chi connectivity index (χ0) is 39.0. The van der Waals surface area contributed by atoms with Crippen LogP contribution in [0.5, 0.6) is 0 Å². The number of nitrogens with one attached hydrogen (secondary N) is 1. The maximum absolute atomic E-state index is 3.71. The molecule has 0 unspecified atom stereocenters. The fourth-order valence-corrected chi connectivity index (χ4v) is 7.52. The Bertz CT molecular complexity index is 2630. The highest BCUT2D eigenvalue weighted by atomic mass is 15.1. The van der Waals surface area contributed by atoms with Gasteiger partial charge in [-0.25, -0.2) is 0 Å². The Kier molecular flexibility index (Phi) is 11.0.